The lowest BCUT2D eigenvalue weighted by molar-refractivity contribution is 0.340. The molecule has 0 spiro atoms. The fraction of sp³-hybridized carbons (Fsp3) is 0.250. The van der Waals surface area contributed by atoms with E-state index in [-0.39, 0.29) is 6.04 Å². The molecule has 0 bridgehead atoms. The topological polar surface area (TPSA) is 35.2 Å². The van der Waals surface area contributed by atoms with Crippen LogP contribution in [0.4, 0.5) is 0 Å². The molecule has 0 radical (unpaired) electrons. The van der Waals surface area contributed by atoms with Gasteiger partial charge in [0.25, 0.3) is 0 Å². The first-order chi connectivity index (χ1) is 9.19. The number of ether oxygens (including phenoxy) is 1. The normalized spacial score (nSPS) is 12.2. The van der Waals surface area contributed by atoms with E-state index in [0.29, 0.717) is 6.61 Å². The number of hydrogen-bond donors (Lipinski definition) is 1. The molecule has 2 aromatic rings. The van der Waals surface area contributed by atoms with E-state index in [9.17, 15) is 0 Å². The standard InChI is InChI=1S/C16H18INO/c1-2-19-15-9-5-13(6-10-15)16(18)11-12-3-7-14(17)8-4-12/h3-10,16H,2,11,18H2,1H3. The second-order valence-electron chi connectivity index (χ2n) is 4.44. The number of halogens is 1. The predicted molar refractivity (Wildman–Crippen MR) is 87.4 cm³/mol. The summed E-state index contributed by atoms with van der Waals surface area (Å²) in [5.74, 6) is 0.896. The van der Waals surface area contributed by atoms with Crippen molar-refractivity contribution in [3.05, 3.63) is 63.2 Å². The molecule has 0 aliphatic rings. The van der Waals surface area contributed by atoms with Crippen molar-refractivity contribution < 1.29 is 4.74 Å². The summed E-state index contributed by atoms with van der Waals surface area (Å²) in [6.07, 6.45) is 0.852. The van der Waals surface area contributed by atoms with Gasteiger partial charge >= 0.3 is 0 Å². The van der Waals surface area contributed by atoms with Gasteiger partial charge in [-0.2, -0.15) is 0 Å². The summed E-state index contributed by atoms with van der Waals surface area (Å²) >= 11 is 2.31. The van der Waals surface area contributed by atoms with E-state index in [4.69, 9.17) is 10.5 Å². The Bertz CT molecular complexity index is 507. The fourth-order valence-corrected chi connectivity index (χ4v) is 2.33. The smallest absolute Gasteiger partial charge is 0.119 e. The Hall–Kier alpha value is -1.07. The van der Waals surface area contributed by atoms with Gasteiger partial charge in [-0.3, -0.25) is 0 Å². The third kappa shape index (κ3) is 4.21. The average Bonchev–Trinajstić information content (AvgIpc) is 2.42. The molecule has 1 unspecified atom stereocenters. The highest BCUT2D eigenvalue weighted by atomic mass is 127. The van der Waals surface area contributed by atoms with Crippen molar-refractivity contribution in [3.63, 3.8) is 0 Å². The zero-order valence-electron chi connectivity index (χ0n) is 11.0. The molecular weight excluding hydrogens is 349 g/mol. The number of benzene rings is 2. The highest BCUT2D eigenvalue weighted by molar-refractivity contribution is 14.1. The zero-order chi connectivity index (χ0) is 13.7. The minimum Gasteiger partial charge on any atom is -0.494 e. The van der Waals surface area contributed by atoms with Crippen molar-refractivity contribution in [1.29, 1.82) is 0 Å². The van der Waals surface area contributed by atoms with E-state index in [1.165, 1.54) is 9.13 Å². The van der Waals surface area contributed by atoms with Gasteiger partial charge in [0.05, 0.1) is 6.61 Å². The van der Waals surface area contributed by atoms with Crippen molar-refractivity contribution in [1.82, 2.24) is 0 Å². The maximum absolute atomic E-state index is 6.25. The molecule has 2 nitrogen and oxygen atoms in total. The summed E-state index contributed by atoms with van der Waals surface area (Å²) in [4.78, 5) is 0. The van der Waals surface area contributed by atoms with Gasteiger partial charge in [0.15, 0.2) is 0 Å². The second-order valence-corrected chi connectivity index (χ2v) is 5.68. The molecular formula is C16H18INO. The molecule has 2 aromatic carbocycles. The van der Waals surface area contributed by atoms with Crippen LogP contribution in [0, 0.1) is 3.57 Å². The van der Waals surface area contributed by atoms with Crippen LogP contribution in [-0.2, 0) is 6.42 Å². The summed E-state index contributed by atoms with van der Waals surface area (Å²) in [6.45, 7) is 2.67. The number of rotatable bonds is 5. The quantitative estimate of drug-likeness (QED) is 0.813. The van der Waals surface area contributed by atoms with Gasteiger partial charge in [-0.05, 0) is 71.3 Å². The van der Waals surface area contributed by atoms with Crippen LogP contribution in [0.3, 0.4) is 0 Å². The summed E-state index contributed by atoms with van der Waals surface area (Å²) in [6, 6.07) is 16.6. The molecule has 2 rings (SSSR count). The van der Waals surface area contributed by atoms with Crippen molar-refractivity contribution >= 4 is 22.6 Å². The summed E-state index contributed by atoms with van der Waals surface area (Å²) in [5.41, 5.74) is 8.65. The SMILES string of the molecule is CCOc1ccc(C(N)Cc2ccc(I)cc2)cc1. The van der Waals surface area contributed by atoms with Crippen LogP contribution in [0.25, 0.3) is 0 Å². The molecule has 0 aliphatic carbocycles. The Labute approximate surface area is 128 Å². The minimum absolute atomic E-state index is 0.0238. The van der Waals surface area contributed by atoms with Crippen LogP contribution in [0.15, 0.2) is 48.5 Å². The summed E-state index contributed by atoms with van der Waals surface area (Å²) < 4.78 is 6.68. The van der Waals surface area contributed by atoms with Crippen molar-refractivity contribution in [2.75, 3.05) is 6.61 Å². The number of nitrogens with two attached hydrogens (primary N) is 1. The van der Waals surface area contributed by atoms with E-state index >= 15 is 0 Å². The van der Waals surface area contributed by atoms with Gasteiger partial charge < -0.3 is 10.5 Å². The van der Waals surface area contributed by atoms with Gasteiger partial charge in [-0.25, -0.2) is 0 Å². The monoisotopic (exact) mass is 367 g/mol. The lowest BCUT2D eigenvalue weighted by Crippen LogP contribution is -2.13. The first-order valence-corrected chi connectivity index (χ1v) is 7.49. The lowest BCUT2D eigenvalue weighted by atomic mass is 10.00. The molecule has 0 heterocycles. The van der Waals surface area contributed by atoms with Gasteiger partial charge in [0.1, 0.15) is 5.75 Å². The Morgan fingerprint density at radius 3 is 2.26 bits per heavy atom. The van der Waals surface area contributed by atoms with Gasteiger partial charge in [0, 0.05) is 9.61 Å². The molecule has 100 valence electrons. The maximum Gasteiger partial charge on any atom is 0.119 e. The fourth-order valence-electron chi connectivity index (χ4n) is 1.97. The van der Waals surface area contributed by atoms with Crippen LogP contribution in [0.2, 0.25) is 0 Å². The Morgan fingerprint density at radius 2 is 1.68 bits per heavy atom. The third-order valence-corrected chi connectivity index (χ3v) is 3.71. The lowest BCUT2D eigenvalue weighted by Gasteiger charge is -2.13. The first kappa shape index (κ1) is 14.3. The molecule has 0 saturated heterocycles. The van der Waals surface area contributed by atoms with Crippen LogP contribution >= 0.6 is 22.6 Å². The highest BCUT2D eigenvalue weighted by Crippen LogP contribution is 2.20. The van der Waals surface area contributed by atoms with Crippen LogP contribution in [0.5, 0.6) is 5.75 Å². The second kappa shape index (κ2) is 6.91. The molecule has 0 aromatic heterocycles. The third-order valence-electron chi connectivity index (χ3n) is 2.99. The van der Waals surface area contributed by atoms with Gasteiger partial charge in [-0.1, -0.05) is 24.3 Å². The predicted octanol–water partition coefficient (Wildman–Crippen LogP) is 3.93. The molecule has 0 aliphatic heterocycles. The molecule has 0 saturated carbocycles. The van der Waals surface area contributed by atoms with E-state index in [1.807, 2.05) is 31.2 Å². The van der Waals surface area contributed by atoms with E-state index in [1.54, 1.807) is 0 Å². The van der Waals surface area contributed by atoms with E-state index in [2.05, 4.69) is 46.9 Å². The number of hydrogen-bond acceptors (Lipinski definition) is 2. The van der Waals surface area contributed by atoms with E-state index in [0.717, 1.165) is 17.7 Å². The van der Waals surface area contributed by atoms with E-state index < -0.39 is 0 Å². The largest absolute Gasteiger partial charge is 0.494 e. The first-order valence-electron chi connectivity index (χ1n) is 6.42. The Kier molecular flexibility index (Phi) is 5.22. The molecule has 2 N–H and O–H groups in total. The molecule has 0 amide bonds. The summed E-state index contributed by atoms with van der Waals surface area (Å²) in [7, 11) is 0. The molecule has 1 atom stereocenters. The van der Waals surface area contributed by atoms with Crippen LogP contribution in [0.1, 0.15) is 24.1 Å². The molecule has 0 fully saturated rings. The Balaban J connectivity index is 2.02. The Morgan fingerprint density at radius 1 is 1.05 bits per heavy atom. The molecule has 3 heteroatoms. The van der Waals surface area contributed by atoms with Crippen LogP contribution in [-0.4, -0.2) is 6.61 Å². The highest BCUT2D eigenvalue weighted by Gasteiger charge is 2.07. The van der Waals surface area contributed by atoms with Gasteiger partial charge in [-0.15, -0.1) is 0 Å². The van der Waals surface area contributed by atoms with Crippen molar-refractivity contribution in [3.8, 4) is 5.75 Å². The average molecular weight is 367 g/mol. The zero-order valence-corrected chi connectivity index (χ0v) is 13.1. The van der Waals surface area contributed by atoms with Crippen LogP contribution < -0.4 is 10.5 Å². The van der Waals surface area contributed by atoms with Crippen molar-refractivity contribution in [2.45, 2.75) is 19.4 Å². The summed E-state index contributed by atoms with van der Waals surface area (Å²) in [5, 5.41) is 0. The van der Waals surface area contributed by atoms with Crippen molar-refractivity contribution in [2.24, 2.45) is 5.73 Å². The minimum atomic E-state index is 0.0238. The molecule has 19 heavy (non-hydrogen) atoms. The maximum atomic E-state index is 6.25. The van der Waals surface area contributed by atoms with Gasteiger partial charge in [0.2, 0.25) is 0 Å².